The molecule has 2 rings (SSSR count). The van der Waals surface area contributed by atoms with E-state index in [-0.39, 0.29) is 6.04 Å². The van der Waals surface area contributed by atoms with Crippen molar-refractivity contribution in [1.29, 1.82) is 0 Å². The summed E-state index contributed by atoms with van der Waals surface area (Å²) < 4.78 is 0. The van der Waals surface area contributed by atoms with E-state index in [4.69, 9.17) is 4.98 Å². The molecule has 4 unspecified atom stereocenters. The molecule has 0 aliphatic heterocycles. The van der Waals surface area contributed by atoms with E-state index in [1.807, 2.05) is 6.08 Å². The zero-order chi connectivity index (χ0) is 28.8. The van der Waals surface area contributed by atoms with Gasteiger partial charge in [-0.15, -0.1) is 17.9 Å². The fourth-order valence-corrected chi connectivity index (χ4v) is 6.42. The van der Waals surface area contributed by atoms with Crippen molar-refractivity contribution in [3.8, 4) is 0 Å². The molecular formula is C35H55N3S. The van der Waals surface area contributed by atoms with Crippen molar-refractivity contribution in [2.75, 3.05) is 6.54 Å². The SMILES string of the molecule is C=CC(C)CC(Cc1ccccc1)NC(=C)c1csc(C(CC)CC(C(C)C)N(CCC)C(=C)CCCC)n1. The maximum atomic E-state index is 5.15. The maximum Gasteiger partial charge on any atom is 0.0967 e. The second kappa shape index (κ2) is 17.4. The smallest absolute Gasteiger partial charge is 0.0967 e. The van der Waals surface area contributed by atoms with Crippen molar-refractivity contribution in [2.45, 2.75) is 111 Å². The number of hydrogen-bond donors (Lipinski definition) is 1. The van der Waals surface area contributed by atoms with Crippen LogP contribution in [0.25, 0.3) is 5.70 Å². The average Bonchev–Trinajstić information content (AvgIpc) is 3.42. The van der Waals surface area contributed by atoms with Gasteiger partial charge in [0, 0.05) is 35.6 Å². The molecular weight excluding hydrogens is 494 g/mol. The molecule has 0 spiro atoms. The van der Waals surface area contributed by atoms with Gasteiger partial charge < -0.3 is 10.2 Å². The largest absolute Gasteiger partial charge is 0.381 e. The van der Waals surface area contributed by atoms with Crippen molar-refractivity contribution in [2.24, 2.45) is 11.8 Å². The summed E-state index contributed by atoms with van der Waals surface area (Å²) in [4.78, 5) is 7.77. The first kappa shape index (κ1) is 32.9. The van der Waals surface area contributed by atoms with E-state index in [1.165, 1.54) is 29.1 Å². The van der Waals surface area contributed by atoms with Crippen LogP contribution in [0.3, 0.4) is 0 Å². The molecule has 1 N–H and O–H groups in total. The van der Waals surface area contributed by atoms with Gasteiger partial charge in [0.1, 0.15) is 0 Å². The Hall–Kier alpha value is -2.33. The predicted molar refractivity (Wildman–Crippen MR) is 174 cm³/mol. The Kier molecular flexibility index (Phi) is 14.7. The molecule has 0 radical (unpaired) electrons. The molecule has 1 aromatic carbocycles. The molecule has 0 saturated carbocycles. The highest BCUT2D eigenvalue weighted by atomic mass is 32.1. The van der Waals surface area contributed by atoms with Gasteiger partial charge in [-0.05, 0) is 62.3 Å². The normalized spacial score (nSPS) is 14.4. The quantitative estimate of drug-likeness (QED) is 0.167. The fourth-order valence-electron chi connectivity index (χ4n) is 5.39. The minimum atomic E-state index is 0.280. The molecule has 2 aromatic rings. The van der Waals surface area contributed by atoms with Gasteiger partial charge in [0.2, 0.25) is 0 Å². The summed E-state index contributed by atoms with van der Waals surface area (Å²) in [5.41, 5.74) is 4.55. The molecule has 216 valence electrons. The molecule has 0 saturated heterocycles. The second-order valence-electron chi connectivity index (χ2n) is 11.5. The lowest BCUT2D eigenvalue weighted by Gasteiger charge is -2.39. The van der Waals surface area contributed by atoms with Crippen LogP contribution < -0.4 is 5.32 Å². The van der Waals surface area contributed by atoms with E-state index in [0.29, 0.717) is 23.8 Å². The summed E-state index contributed by atoms with van der Waals surface area (Å²) in [5.74, 6) is 1.43. The van der Waals surface area contributed by atoms with Crippen molar-refractivity contribution in [3.05, 3.63) is 83.5 Å². The van der Waals surface area contributed by atoms with Crippen LogP contribution in [0, 0.1) is 11.8 Å². The molecule has 3 nitrogen and oxygen atoms in total. The topological polar surface area (TPSA) is 28.2 Å². The van der Waals surface area contributed by atoms with Gasteiger partial charge in [0.05, 0.1) is 16.4 Å². The molecule has 4 heteroatoms. The number of benzene rings is 1. The Balaban J connectivity index is 2.17. The Bertz CT molecular complexity index is 992. The Morgan fingerprint density at radius 2 is 1.77 bits per heavy atom. The highest BCUT2D eigenvalue weighted by Gasteiger charge is 2.27. The minimum absolute atomic E-state index is 0.280. The van der Waals surface area contributed by atoms with E-state index in [0.717, 1.165) is 56.5 Å². The lowest BCUT2D eigenvalue weighted by atomic mass is 9.89. The lowest BCUT2D eigenvalue weighted by molar-refractivity contribution is 0.173. The Labute approximate surface area is 244 Å². The third-order valence-corrected chi connectivity index (χ3v) is 8.83. The molecule has 1 aromatic heterocycles. The summed E-state index contributed by atoms with van der Waals surface area (Å²) in [6, 6.07) is 11.5. The Morgan fingerprint density at radius 3 is 2.36 bits per heavy atom. The van der Waals surface area contributed by atoms with Crippen LogP contribution >= 0.6 is 11.3 Å². The molecule has 39 heavy (non-hydrogen) atoms. The molecule has 0 aliphatic rings. The van der Waals surface area contributed by atoms with E-state index in [2.05, 4.69) is 107 Å². The molecule has 0 bridgehead atoms. The number of aromatic nitrogens is 1. The van der Waals surface area contributed by atoms with Crippen LogP contribution in [-0.4, -0.2) is 28.5 Å². The number of nitrogens with one attached hydrogen (secondary N) is 1. The summed E-state index contributed by atoms with van der Waals surface area (Å²) in [7, 11) is 0. The van der Waals surface area contributed by atoms with Crippen LogP contribution in [0.1, 0.15) is 109 Å². The number of hydrogen-bond acceptors (Lipinski definition) is 4. The first-order valence-electron chi connectivity index (χ1n) is 15.3. The first-order valence-corrected chi connectivity index (χ1v) is 16.1. The number of unbranched alkanes of at least 4 members (excludes halogenated alkanes) is 1. The first-order chi connectivity index (χ1) is 18.7. The molecule has 4 atom stereocenters. The van der Waals surface area contributed by atoms with E-state index >= 15 is 0 Å². The van der Waals surface area contributed by atoms with Gasteiger partial charge in [-0.1, -0.05) is 97.5 Å². The zero-order valence-corrected chi connectivity index (χ0v) is 26.5. The molecule has 0 aliphatic carbocycles. The number of rotatable bonds is 20. The van der Waals surface area contributed by atoms with Crippen molar-refractivity contribution < 1.29 is 0 Å². The van der Waals surface area contributed by atoms with Gasteiger partial charge >= 0.3 is 0 Å². The summed E-state index contributed by atoms with van der Waals surface area (Å²) >= 11 is 1.79. The van der Waals surface area contributed by atoms with Crippen LogP contribution in [0.5, 0.6) is 0 Å². The predicted octanol–water partition coefficient (Wildman–Crippen LogP) is 9.85. The van der Waals surface area contributed by atoms with Gasteiger partial charge in [-0.25, -0.2) is 4.98 Å². The van der Waals surface area contributed by atoms with Crippen LogP contribution in [0.2, 0.25) is 0 Å². The third-order valence-electron chi connectivity index (χ3n) is 7.82. The highest BCUT2D eigenvalue weighted by Crippen LogP contribution is 2.34. The standard InChI is InChI=1S/C35H55N3S/c1-10-14-18-28(8)38(21-11-2)34(26(5)6)24-31(13-4)35-37-33(25-39-35)29(9)36-32(22-27(7)12-3)23-30-19-16-15-17-20-30/h12,15-17,19-20,25-27,31-32,34,36H,3,8-11,13-14,18,21-24H2,1-2,4-7H3. The van der Waals surface area contributed by atoms with Crippen LogP contribution in [0.15, 0.2) is 67.2 Å². The summed E-state index contributed by atoms with van der Waals surface area (Å²) in [6.45, 7) is 27.8. The lowest BCUT2D eigenvalue weighted by Crippen LogP contribution is -2.39. The van der Waals surface area contributed by atoms with Crippen LogP contribution in [0.4, 0.5) is 0 Å². The second-order valence-corrected chi connectivity index (χ2v) is 12.4. The van der Waals surface area contributed by atoms with E-state index in [1.54, 1.807) is 11.3 Å². The minimum Gasteiger partial charge on any atom is -0.381 e. The van der Waals surface area contributed by atoms with E-state index in [9.17, 15) is 0 Å². The van der Waals surface area contributed by atoms with Crippen LogP contribution in [-0.2, 0) is 6.42 Å². The van der Waals surface area contributed by atoms with Gasteiger partial charge in [0.15, 0.2) is 0 Å². The van der Waals surface area contributed by atoms with Crippen molar-refractivity contribution >= 4 is 17.0 Å². The fraction of sp³-hybridized carbons (Fsp3) is 0.571. The average molecular weight is 550 g/mol. The number of thiazole rings is 1. The molecule has 0 amide bonds. The highest BCUT2D eigenvalue weighted by molar-refractivity contribution is 7.09. The summed E-state index contributed by atoms with van der Waals surface area (Å²) in [5, 5.41) is 7.15. The van der Waals surface area contributed by atoms with Crippen molar-refractivity contribution in [1.82, 2.24) is 15.2 Å². The van der Waals surface area contributed by atoms with Gasteiger partial charge in [0.25, 0.3) is 0 Å². The zero-order valence-electron chi connectivity index (χ0n) is 25.7. The summed E-state index contributed by atoms with van der Waals surface area (Å²) in [6.07, 6.45) is 10.9. The number of nitrogens with zero attached hydrogens (tertiary/aromatic N) is 2. The van der Waals surface area contributed by atoms with Gasteiger partial charge in [-0.2, -0.15) is 0 Å². The molecule has 0 fully saturated rings. The van der Waals surface area contributed by atoms with Gasteiger partial charge in [-0.3, -0.25) is 0 Å². The molecule has 1 heterocycles. The van der Waals surface area contributed by atoms with Crippen molar-refractivity contribution in [3.63, 3.8) is 0 Å². The Morgan fingerprint density at radius 1 is 1.05 bits per heavy atom. The monoisotopic (exact) mass is 549 g/mol. The third kappa shape index (κ3) is 10.6. The maximum absolute atomic E-state index is 5.15. The van der Waals surface area contributed by atoms with E-state index < -0.39 is 0 Å². The number of allylic oxidation sites excluding steroid dienone is 2.